The van der Waals surface area contributed by atoms with E-state index in [1.165, 1.54) is 30.9 Å². The Kier molecular flexibility index (Phi) is 15.8. The van der Waals surface area contributed by atoms with Crippen LogP contribution >= 0.6 is 0 Å². The Morgan fingerprint density at radius 1 is 0.713 bits per heavy atom. The van der Waals surface area contributed by atoms with E-state index in [9.17, 15) is 44.4 Å². The highest BCUT2D eigenvalue weighted by atomic mass is 16.7. The number of hydrogen-bond donors (Lipinski definition) is 7. The summed E-state index contributed by atoms with van der Waals surface area (Å²) in [5.41, 5.74) is 13.4. The molecule has 22 nitrogen and oxygen atoms in total. The topological polar surface area (TPSA) is 303 Å². The molecule has 2 unspecified atom stereocenters. The molecule has 5 heterocycles. The second kappa shape index (κ2) is 23.2. The zero-order valence-corrected chi connectivity index (χ0v) is 43.6. The zero-order valence-electron chi connectivity index (χ0n) is 43.6. The summed E-state index contributed by atoms with van der Waals surface area (Å²) in [6, 6.07) is 25.3. The second-order valence-corrected chi connectivity index (χ2v) is 19.6. The first-order valence-corrected chi connectivity index (χ1v) is 25.7. The van der Waals surface area contributed by atoms with Gasteiger partial charge in [-0.3, -0.25) is 29.7 Å². The van der Waals surface area contributed by atoms with Crippen molar-refractivity contribution in [2.24, 2.45) is 15.7 Å². The van der Waals surface area contributed by atoms with E-state index in [0.29, 0.717) is 71.3 Å². The van der Waals surface area contributed by atoms with Crippen LogP contribution < -0.4 is 40.1 Å². The summed E-state index contributed by atoms with van der Waals surface area (Å²) < 4.78 is 34.4. The number of aryl methyl sites for hydroxylation is 2. The van der Waals surface area contributed by atoms with Crippen LogP contribution in [0.2, 0.25) is 0 Å². The molecule has 0 bridgehead atoms. The Bertz CT molecular complexity index is 3380. The third kappa shape index (κ3) is 11.5. The third-order valence-corrected chi connectivity index (χ3v) is 14.0. The minimum Gasteiger partial charge on any atom is -0.493 e. The quantitative estimate of drug-likeness (QED) is 0.0505. The molecule has 10 rings (SSSR count). The Balaban J connectivity index is 0.729. The van der Waals surface area contributed by atoms with Crippen LogP contribution in [0.1, 0.15) is 68.7 Å². The molecule has 0 aromatic heterocycles. The average Bonchev–Trinajstić information content (AvgIpc) is 4.06. The maximum Gasteiger partial charge on any atom is 0.417 e. The van der Waals surface area contributed by atoms with Crippen LogP contribution in [0.25, 0.3) is 11.1 Å². The molecule has 80 heavy (non-hydrogen) atoms. The van der Waals surface area contributed by atoms with Crippen LogP contribution in [0, 0.1) is 13.8 Å². The third-order valence-electron chi connectivity index (χ3n) is 14.0. The number of aliphatic carboxylic acids is 1. The van der Waals surface area contributed by atoms with Gasteiger partial charge in [0.1, 0.15) is 35.6 Å². The number of aliphatic hydroxyl groups is 3. The summed E-state index contributed by atoms with van der Waals surface area (Å²) in [6.45, 7) is 4.53. The van der Waals surface area contributed by atoms with Gasteiger partial charge in [0.2, 0.25) is 12.2 Å². The van der Waals surface area contributed by atoms with Gasteiger partial charge in [-0.15, -0.1) is 0 Å². The summed E-state index contributed by atoms with van der Waals surface area (Å²) in [7, 11) is 1.50. The number of fused-ring (bicyclic) bond motifs is 4. The van der Waals surface area contributed by atoms with E-state index in [4.69, 9.17) is 44.1 Å². The summed E-state index contributed by atoms with van der Waals surface area (Å²) in [5, 5.41) is 45.4. The second-order valence-electron chi connectivity index (χ2n) is 19.6. The first-order valence-electron chi connectivity index (χ1n) is 25.7. The number of aliphatic imine (C=N–C) groups is 2. The van der Waals surface area contributed by atoms with Gasteiger partial charge in [0, 0.05) is 80.9 Å². The molecule has 0 spiro atoms. The minimum absolute atomic E-state index is 0.00363. The van der Waals surface area contributed by atoms with Crippen LogP contribution in [0.4, 0.5) is 27.5 Å². The van der Waals surface area contributed by atoms with Crippen molar-refractivity contribution >= 4 is 76.1 Å². The first kappa shape index (κ1) is 54.4. The van der Waals surface area contributed by atoms with E-state index >= 15 is 0 Å². The molecule has 4 amide bonds. The van der Waals surface area contributed by atoms with Gasteiger partial charge in [-0.2, -0.15) is 0 Å². The van der Waals surface area contributed by atoms with Gasteiger partial charge < -0.3 is 69.7 Å². The lowest BCUT2D eigenvalue weighted by Crippen LogP contribution is -2.61. The van der Waals surface area contributed by atoms with Crippen LogP contribution in [-0.2, 0) is 14.3 Å². The van der Waals surface area contributed by atoms with Crippen LogP contribution in [0.5, 0.6) is 28.7 Å². The van der Waals surface area contributed by atoms with Gasteiger partial charge in [-0.1, -0.05) is 42.0 Å². The lowest BCUT2D eigenvalue weighted by atomic mass is 9.99. The van der Waals surface area contributed by atoms with Gasteiger partial charge >= 0.3 is 12.1 Å². The Morgan fingerprint density at radius 3 is 1.93 bits per heavy atom. The maximum absolute atomic E-state index is 14.1. The highest BCUT2D eigenvalue weighted by molar-refractivity contribution is 6.06. The SMILES string of the molecule is COc1cc2c(cc1OCCCOc1cc3c(cc1C)C(=O)N1C=C(c4ccc(C)cc4)C[C@H]1C=N3)N=C[C@@H]1CC(c3ccc(NC(=O)Oc4ccc(O[C@@H]5OC(C(=O)O)[C@@H](O)[C@H](O)C5O)c(NC(=O)CCN)c4)cc3)=CN1C2=O. The number of rotatable bonds is 17. The van der Waals surface area contributed by atoms with Crippen molar-refractivity contribution in [3.63, 3.8) is 0 Å². The number of amides is 4. The fourth-order valence-corrected chi connectivity index (χ4v) is 9.75. The van der Waals surface area contributed by atoms with Crippen LogP contribution in [0.3, 0.4) is 0 Å². The number of benzene rings is 5. The molecule has 0 saturated carbocycles. The summed E-state index contributed by atoms with van der Waals surface area (Å²) in [4.78, 5) is 78.0. The molecule has 8 N–H and O–H groups in total. The van der Waals surface area contributed by atoms with Crippen molar-refractivity contribution in [1.29, 1.82) is 0 Å². The van der Waals surface area contributed by atoms with Gasteiger partial charge in [-0.25, -0.2) is 9.59 Å². The van der Waals surface area contributed by atoms with Gasteiger partial charge in [0.15, 0.2) is 17.6 Å². The average molecular weight is 1090 g/mol. The van der Waals surface area contributed by atoms with E-state index in [1.54, 1.807) is 58.6 Å². The number of carboxylic acids is 1. The Morgan fingerprint density at radius 2 is 1.31 bits per heavy atom. The molecule has 7 atom stereocenters. The van der Waals surface area contributed by atoms with Crippen molar-refractivity contribution in [2.75, 3.05) is 37.5 Å². The first-order chi connectivity index (χ1) is 38.5. The van der Waals surface area contributed by atoms with Gasteiger partial charge in [0.05, 0.1) is 60.6 Å². The summed E-state index contributed by atoms with van der Waals surface area (Å²) in [5.74, 6) is -1.39. The number of carbonyl (C=O) groups is 5. The molecular formula is C58H57N7O15. The predicted molar refractivity (Wildman–Crippen MR) is 292 cm³/mol. The van der Waals surface area contributed by atoms with Crippen LogP contribution in [0.15, 0.2) is 113 Å². The lowest BCUT2D eigenvalue weighted by molar-refractivity contribution is -0.271. The standard InChI is InChI=1S/C58H57N7O15/c1-30-5-7-32(8-6-30)34-20-37-26-60-42-24-46(31(2)19-40(42)54(70)64(37)28-34)76-17-4-18-77-48-25-43-41(23-47(48)75-3)55(71)65-29-35(21-38(65)27-61-43)33-9-11-36(12-10-33)62-58(74)78-39-13-14-45(44(22-39)63-49(66)15-16-59)79-57-52(69)50(67)51(68)53(80-57)56(72)73/h5-14,19,22-29,37-38,50-53,57,67-69H,4,15-18,20-21,59H2,1-3H3,(H,62,74)(H,63,66)(H,72,73)/t37-,38-,50-,51-,52?,53?,57+/m0/s1. The molecule has 1 saturated heterocycles. The van der Waals surface area contributed by atoms with E-state index < -0.39 is 48.7 Å². The molecule has 0 radical (unpaired) electrons. The molecule has 5 aliphatic rings. The monoisotopic (exact) mass is 1090 g/mol. The smallest absolute Gasteiger partial charge is 0.417 e. The number of methoxy groups -OCH3 is 1. The number of anilines is 2. The number of aliphatic hydroxyl groups excluding tert-OH is 3. The summed E-state index contributed by atoms with van der Waals surface area (Å²) in [6.07, 6.45) is -1.61. The number of carboxylic acid groups (broad SMARTS) is 1. The van der Waals surface area contributed by atoms with Gasteiger partial charge in [-0.05, 0) is 78.1 Å². The van der Waals surface area contributed by atoms with Crippen molar-refractivity contribution in [3.05, 3.63) is 137 Å². The van der Waals surface area contributed by atoms with Crippen molar-refractivity contribution in [1.82, 2.24) is 9.80 Å². The van der Waals surface area contributed by atoms with E-state index in [2.05, 4.69) is 34.9 Å². The molecule has 1 fully saturated rings. The molecular weight excluding hydrogens is 1030 g/mol. The van der Waals surface area contributed by atoms with E-state index in [0.717, 1.165) is 27.8 Å². The predicted octanol–water partition coefficient (Wildman–Crippen LogP) is 6.27. The fourth-order valence-electron chi connectivity index (χ4n) is 9.75. The Labute approximate surface area is 458 Å². The van der Waals surface area contributed by atoms with Crippen molar-refractivity contribution in [2.45, 2.75) is 82.3 Å². The normalized spacial score (nSPS) is 21.7. The maximum atomic E-state index is 14.1. The number of nitrogens with one attached hydrogen (secondary N) is 2. The van der Waals surface area contributed by atoms with Crippen LogP contribution in [-0.4, -0.2) is 142 Å². The number of hydrogen-bond acceptors (Lipinski definition) is 17. The van der Waals surface area contributed by atoms with Gasteiger partial charge in [0.25, 0.3) is 11.8 Å². The van der Waals surface area contributed by atoms with Crippen molar-refractivity contribution in [3.8, 4) is 28.7 Å². The van der Waals surface area contributed by atoms with Crippen molar-refractivity contribution < 1.29 is 72.8 Å². The molecule has 22 heteroatoms. The number of nitrogens with two attached hydrogens (primary N) is 1. The minimum atomic E-state index is -1.95. The molecule has 5 aliphatic heterocycles. The molecule has 5 aromatic carbocycles. The fraction of sp³-hybridized carbons (Fsp3) is 0.293. The molecule has 0 aliphatic carbocycles. The molecule has 5 aromatic rings. The largest absolute Gasteiger partial charge is 0.493 e. The summed E-state index contributed by atoms with van der Waals surface area (Å²) >= 11 is 0. The van der Waals surface area contributed by atoms with E-state index in [1.807, 2.05) is 38.4 Å². The Hall–Kier alpha value is -8.93. The number of nitrogens with zero attached hydrogens (tertiary/aromatic N) is 4. The molecule has 414 valence electrons. The number of carbonyl (C=O) groups excluding carboxylic acids is 4. The highest BCUT2D eigenvalue weighted by Crippen LogP contribution is 2.42. The lowest BCUT2D eigenvalue weighted by Gasteiger charge is -2.38. The highest BCUT2D eigenvalue weighted by Gasteiger charge is 2.48. The number of ether oxygens (including phenoxy) is 6. The zero-order chi connectivity index (χ0) is 56.4. The van der Waals surface area contributed by atoms with E-state index in [-0.39, 0.29) is 60.7 Å².